The minimum absolute atomic E-state index is 0.274. The molecule has 0 aliphatic rings. The van der Waals surface area contributed by atoms with Gasteiger partial charge in [0.1, 0.15) is 5.82 Å². The molecule has 4 heteroatoms. The summed E-state index contributed by atoms with van der Waals surface area (Å²) in [5.74, 6) is -0.644. The van der Waals surface area contributed by atoms with Crippen LogP contribution < -0.4 is 5.32 Å². The molecule has 2 aromatic rings. The van der Waals surface area contributed by atoms with Crippen LogP contribution in [0.3, 0.4) is 0 Å². The summed E-state index contributed by atoms with van der Waals surface area (Å²) < 4.78 is 12.9. The van der Waals surface area contributed by atoms with Gasteiger partial charge in [0.15, 0.2) is 0 Å². The smallest absolute Gasteiger partial charge is 0.248 e. The third-order valence-electron chi connectivity index (χ3n) is 2.03. The van der Waals surface area contributed by atoms with Crippen molar-refractivity contribution in [1.82, 2.24) is 0 Å². The van der Waals surface area contributed by atoms with Gasteiger partial charge in [-0.3, -0.25) is 4.79 Å². The Balaban J connectivity index is 1.98. The van der Waals surface area contributed by atoms with Crippen LogP contribution in [0.1, 0.15) is 4.88 Å². The third kappa shape index (κ3) is 3.53. The van der Waals surface area contributed by atoms with E-state index in [4.69, 9.17) is 0 Å². The summed E-state index contributed by atoms with van der Waals surface area (Å²) in [5.41, 5.74) is 0.450. The van der Waals surface area contributed by atoms with Gasteiger partial charge in [0.05, 0.1) is 0 Å². The highest BCUT2D eigenvalue weighted by atomic mass is 32.1. The third-order valence-corrected chi connectivity index (χ3v) is 2.87. The van der Waals surface area contributed by atoms with Gasteiger partial charge < -0.3 is 5.32 Å². The van der Waals surface area contributed by atoms with Crippen LogP contribution in [0.15, 0.2) is 47.9 Å². The SMILES string of the molecule is O=C(/C=C/c1cccs1)Nc1cccc(F)c1. The first-order valence-electron chi connectivity index (χ1n) is 5.02. The van der Waals surface area contributed by atoms with E-state index in [9.17, 15) is 9.18 Å². The van der Waals surface area contributed by atoms with Gasteiger partial charge in [-0.25, -0.2) is 4.39 Å². The number of nitrogens with one attached hydrogen (secondary N) is 1. The molecule has 0 aliphatic carbocycles. The predicted octanol–water partition coefficient (Wildman–Crippen LogP) is 3.54. The van der Waals surface area contributed by atoms with Crippen LogP contribution in [-0.2, 0) is 4.79 Å². The zero-order chi connectivity index (χ0) is 12.1. The van der Waals surface area contributed by atoms with Crippen molar-refractivity contribution in [1.29, 1.82) is 0 Å². The second kappa shape index (κ2) is 5.41. The van der Waals surface area contributed by atoms with E-state index in [1.165, 1.54) is 18.2 Å². The number of anilines is 1. The largest absolute Gasteiger partial charge is 0.322 e. The van der Waals surface area contributed by atoms with Gasteiger partial charge in [-0.2, -0.15) is 0 Å². The zero-order valence-electron chi connectivity index (χ0n) is 8.89. The molecule has 0 spiro atoms. The van der Waals surface area contributed by atoms with Crippen LogP contribution in [0.4, 0.5) is 10.1 Å². The molecule has 86 valence electrons. The number of halogens is 1. The lowest BCUT2D eigenvalue weighted by Crippen LogP contribution is -2.07. The van der Waals surface area contributed by atoms with Crippen LogP contribution in [0, 0.1) is 5.82 Å². The summed E-state index contributed by atoms with van der Waals surface area (Å²) in [6, 6.07) is 9.62. The standard InChI is InChI=1S/C13H10FNOS/c14-10-3-1-4-11(9-10)15-13(16)7-6-12-5-2-8-17-12/h1-9H,(H,15,16)/b7-6+. The Bertz CT molecular complexity index is 534. The first-order chi connectivity index (χ1) is 8.24. The first kappa shape index (κ1) is 11.5. The van der Waals surface area contributed by atoms with Gasteiger partial charge in [0, 0.05) is 16.6 Å². The normalized spacial score (nSPS) is 10.6. The molecule has 1 heterocycles. The summed E-state index contributed by atoms with van der Waals surface area (Å²) in [5, 5.41) is 4.52. The molecule has 1 aromatic heterocycles. The number of carbonyl (C=O) groups is 1. The van der Waals surface area contributed by atoms with E-state index < -0.39 is 0 Å². The Morgan fingerprint density at radius 2 is 2.18 bits per heavy atom. The van der Waals surface area contributed by atoms with E-state index in [2.05, 4.69) is 5.32 Å². The minimum atomic E-state index is -0.370. The molecule has 1 amide bonds. The van der Waals surface area contributed by atoms with E-state index in [1.807, 2.05) is 17.5 Å². The zero-order valence-corrected chi connectivity index (χ0v) is 9.71. The van der Waals surface area contributed by atoms with E-state index in [0.717, 1.165) is 4.88 Å². The molecular weight excluding hydrogens is 237 g/mol. The summed E-state index contributed by atoms with van der Waals surface area (Å²) in [4.78, 5) is 12.5. The van der Waals surface area contributed by atoms with Crippen molar-refractivity contribution in [3.05, 3.63) is 58.5 Å². The van der Waals surface area contributed by atoms with Crippen molar-refractivity contribution in [3.63, 3.8) is 0 Å². The number of amides is 1. The van der Waals surface area contributed by atoms with Crippen LogP contribution in [-0.4, -0.2) is 5.91 Å². The molecule has 0 bridgehead atoms. The Hall–Kier alpha value is -1.94. The van der Waals surface area contributed by atoms with E-state index in [-0.39, 0.29) is 11.7 Å². The van der Waals surface area contributed by atoms with Gasteiger partial charge in [0.25, 0.3) is 0 Å². The average molecular weight is 247 g/mol. The van der Waals surface area contributed by atoms with Crippen molar-refractivity contribution in [3.8, 4) is 0 Å². The van der Waals surface area contributed by atoms with Gasteiger partial charge in [-0.05, 0) is 35.7 Å². The van der Waals surface area contributed by atoms with Crippen molar-refractivity contribution in [2.45, 2.75) is 0 Å². The van der Waals surface area contributed by atoms with Gasteiger partial charge in [-0.1, -0.05) is 12.1 Å². The van der Waals surface area contributed by atoms with E-state index in [0.29, 0.717) is 5.69 Å². The Labute approximate surface area is 102 Å². The van der Waals surface area contributed by atoms with Crippen LogP contribution in [0.25, 0.3) is 6.08 Å². The number of benzene rings is 1. The maximum absolute atomic E-state index is 12.9. The fraction of sp³-hybridized carbons (Fsp3) is 0. The molecule has 1 N–H and O–H groups in total. The van der Waals surface area contributed by atoms with E-state index >= 15 is 0 Å². The topological polar surface area (TPSA) is 29.1 Å². The fourth-order valence-corrected chi connectivity index (χ4v) is 1.91. The van der Waals surface area contributed by atoms with Crippen molar-refractivity contribution < 1.29 is 9.18 Å². The molecule has 0 radical (unpaired) electrons. The molecule has 17 heavy (non-hydrogen) atoms. The molecule has 1 aromatic carbocycles. The predicted molar refractivity (Wildman–Crippen MR) is 68.4 cm³/mol. The minimum Gasteiger partial charge on any atom is -0.322 e. The van der Waals surface area contributed by atoms with Crippen molar-refractivity contribution >= 4 is 29.0 Å². The molecule has 0 fully saturated rings. The second-order valence-electron chi connectivity index (χ2n) is 3.35. The quantitative estimate of drug-likeness (QED) is 0.826. The maximum atomic E-state index is 12.9. The summed E-state index contributed by atoms with van der Waals surface area (Å²) in [6.45, 7) is 0. The molecule has 0 unspecified atom stereocenters. The number of rotatable bonds is 3. The van der Waals surface area contributed by atoms with Crippen molar-refractivity contribution in [2.24, 2.45) is 0 Å². The molecule has 0 atom stereocenters. The highest BCUT2D eigenvalue weighted by Gasteiger charge is 1.98. The van der Waals surface area contributed by atoms with Crippen LogP contribution in [0.5, 0.6) is 0 Å². The van der Waals surface area contributed by atoms with Gasteiger partial charge >= 0.3 is 0 Å². The fourth-order valence-electron chi connectivity index (χ4n) is 1.29. The highest BCUT2D eigenvalue weighted by molar-refractivity contribution is 7.10. The molecule has 0 aliphatic heterocycles. The summed E-state index contributed by atoms with van der Waals surface area (Å²) in [6.07, 6.45) is 3.15. The lowest BCUT2D eigenvalue weighted by atomic mass is 10.3. The number of carbonyl (C=O) groups excluding carboxylic acids is 1. The first-order valence-corrected chi connectivity index (χ1v) is 5.90. The number of thiophene rings is 1. The molecule has 2 nitrogen and oxygen atoms in total. The number of hydrogen-bond donors (Lipinski definition) is 1. The van der Waals surface area contributed by atoms with Gasteiger partial charge in [0.2, 0.25) is 5.91 Å². The average Bonchev–Trinajstić information content (AvgIpc) is 2.79. The van der Waals surface area contributed by atoms with Crippen LogP contribution in [0.2, 0.25) is 0 Å². The molecular formula is C13H10FNOS. The Morgan fingerprint density at radius 1 is 1.29 bits per heavy atom. The van der Waals surface area contributed by atoms with E-state index in [1.54, 1.807) is 29.5 Å². The Morgan fingerprint density at radius 3 is 2.88 bits per heavy atom. The number of hydrogen-bond acceptors (Lipinski definition) is 2. The lowest BCUT2D eigenvalue weighted by Gasteiger charge is -2.01. The lowest BCUT2D eigenvalue weighted by molar-refractivity contribution is -0.111. The second-order valence-corrected chi connectivity index (χ2v) is 4.33. The summed E-state index contributed by atoms with van der Waals surface area (Å²) >= 11 is 1.55. The maximum Gasteiger partial charge on any atom is 0.248 e. The summed E-state index contributed by atoms with van der Waals surface area (Å²) in [7, 11) is 0. The van der Waals surface area contributed by atoms with Crippen LogP contribution >= 0.6 is 11.3 Å². The molecule has 0 saturated carbocycles. The van der Waals surface area contributed by atoms with Gasteiger partial charge in [-0.15, -0.1) is 11.3 Å². The highest BCUT2D eigenvalue weighted by Crippen LogP contribution is 2.11. The Kier molecular flexibility index (Phi) is 3.67. The monoisotopic (exact) mass is 247 g/mol. The van der Waals surface area contributed by atoms with Crippen molar-refractivity contribution in [2.75, 3.05) is 5.32 Å². The molecule has 0 saturated heterocycles. The molecule has 2 rings (SSSR count).